The van der Waals surface area contributed by atoms with E-state index in [0.717, 1.165) is 11.8 Å². The molecule has 0 amide bonds. The van der Waals surface area contributed by atoms with Gasteiger partial charge in [0, 0.05) is 0 Å². The summed E-state index contributed by atoms with van der Waals surface area (Å²) in [7, 11) is 0. The first-order valence-corrected chi connectivity index (χ1v) is 11.5. The van der Waals surface area contributed by atoms with Crippen LogP contribution in [0.15, 0.2) is 36.0 Å². The SMILES string of the molecule is C=C1CCC=C(C)CCC(C2CCC=CCCCCCC2)C(C)(C)CC1. The van der Waals surface area contributed by atoms with Gasteiger partial charge in [0.05, 0.1) is 0 Å². The molecule has 148 valence electrons. The lowest BCUT2D eigenvalue weighted by Gasteiger charge is -2.41. The molecule has 0 aliphatic heterocycles. The van der Waals surface area contributed by atoms with Crippen molar-refractivity contribution in [2.24, 2.45) is 17.3 Å². The second-order valence-corrected chi connectivity index (χ2v) is 9.77. The first kappa shape index (κ1) is 21.5. The van der Waals surface area contributed by atoms with Crippen LogP contribution < -0.4 is 0 Å². The average Bonchev–Trinajstić information content (AvgIpc) is 2.67. The van der Waals surface area contributed by atoms with Gasteiger partial charge in [0.25, 0.3) is 0 Å². The van der Waals surface area contributed by atoms with Crippen LogP contribution in [0.5, 0.6) is 0 Å². The molecule has 0 aromatic heterocycles. The molecule has 0 heteroatoms. The van der Waals surface area contributed by atoms with E-state index in [1.807, 2.05) is 0 Å². The minimum Gasteiger partial charge on any atom is -0.0999 e. The van der Waals surface area contributed by atoms with Crippen molar-refractivity contribution in [2.75, 3.05) is 0 Å². The van der Waals surface area contributed by atoms with Crippen LogP contribution in [0.4, 0.5) is 0 Å². The van der Waals surface area contributed by atoms with Crippen LogP contribution in [-0.2, 0) is 0 Å². The Labute approximate surface area is 164 Å². The Bertz CT molecular complexity index is 476. The zero-order chi connectivity index (χ0) is 18.8. The molecule has 2 aliphatic carbocycles. The molecule has 0 bridgehead atoms. The normalized spacial score (nSPS) is 30.0. The second kappa shape index (κ2) is 11.2. The Morgan fingerprint density at radius 1 is 0.846 bits per heavy atom. The average molecular weight is 357 g/mol. The van der Waals surface area contributed by atoms with Crippen LogP contribution in [0.2, 0.25) is 0 Å². The predicted molar refractivity (Wildman–Crippen MR) is 117 cm³/mol. The van der Waals surface area contributed by atoms with E-state index in [0.29, 0.717) is 5.41 Å². The van der Waals surface area contributed by atoms with Crippen molar-refractivity contribution in [3.8, 4) is 0 Å². The van der Waals surface area contributed by atoms with Crippen molar-refractivity contribution in [1.29, 1.82) is 0 Å². The van der Waals surface area contributed by atoms with Crippen LogP contribution in [0.3, 0.4) is 0 Å². The second-order valence-electron chi connectivity index (χ2n) is 9.77. The van der Waals surface area contributed by atoms with E-state index in [4.69, 9.17) is 0 Å². The van der Waals surface area contributed by atoms with E-state index in [1.54, 1.807) is 5.57 Å². The van der Waals surface area contributed by atoms with Crippen molar-refractivity contribution in [3.63, 3.8) is 0 Å². The standard InChI is InChI=1S/C26H44/c1-22-14-13-15-23(2)20-21-26(3,4)25(19-18-22)24-16-11-9-7-5-6-8-10-12-17-24/h7,9,14,24-25H,2,5-6,8,10-13,15-21H2,1,3-4H3. The topological polar surface area (TPSA) is 0 Å². The van der Waals surface area contributed by atoms with Crippen LogP contribution in [0, 0.1) is 17.3 Å². The van der Waals surface area contributed by atoms with Gasteiger partial charge >= 0.3 is 0 Å². The quantitative estimate of drug-likeness (QED) is 0.412. The highest BCUT2D eigenvalue weighted by Crippen LogP contribution is 2.45. The van der Waals surface area contributed by atoms with E-state index in [2.05, 4.69) is 45.6 Å². The molecule has 0 radical (unpaired) electrons. The van der Waals surface area contributed by atoms with Gasteiger partial charge in [-0.2, -0.15) is 0 Å². The number of allylic oxidation sites excluding steroid dienone is 5. The van der Waals surface area contributed by atoms with Crippen LogP contribution in [0.25, 0.3) is 0 Å². The summed E-state index contributed by atoms with van der Waals surface area (Å²) in [5, 5.41) is 0. The number of rotatable bonds is 1. The van der Waals surface area contributed by atoms with Crippen molar-refractivity contribution in [2.45, 2.75) is 111 Å². The van der Waals surface area contributed by atoms with Gasteiger partial charge in [-0.05, 0) is 88.4 Å². The fraction of sp³-hybridized carbons (Fsp3) is 0.769. The summed E-state index contributed by atoms with van der Waals surface area (Å²) in [6.45, 7) is 11.8. The van der Waals surface area contributed by atoms with Crippen molar-refractivity contribution in [3.05, 3.63) is 36.0 Å². The monoisotopic (exact) mass is 356 g/mol. The third kappa shape index (κ3) is 7.45. The molecule has 26 heavy (non-hydrogen) atoms. The Balaban J connectivity index is 2.15. The Hall–Kier alpha value is -0.780. The van der Waals surface area contributed by atoms with Crippen molar-refractivity contribution < 1.29 is 0 Å². The van der Waals surface area contributed by atoms with E-state index in [9.17, 15) is 0 Å². The highest BCUT2D eigenvalue weighted by atomic mass is 14.4. The summed E-state index contributed by atoms with van der Waals surface area (Å²) < 4.78 is 0. The summed E-state index contributed by atoms with van der Waals surface area (Å²) in [4.78, 5) is 0. The summed E-state index contributed by atoms with van der Waals surface area (Å²) >= 11 is 0. The maximum Gasteiger partial charge on any atom is -0.0288 e. The largest absolute Gasteiger partial charge is 0.0999 e. The third-order valence-corrected chi connectivity index (χ3v) is 7.10. The fourth-order valence-electron chi connectivity index (χ4n) is 5.20. The smallest absolute Gasteiger partial charge is 0.0288 e. The zero-order valence-corrected chi connectivity index (χ0v) is 18.0. The first-order chi connectivity index (χ1) is 12.5. The highest BCUT2D eigenvalue weighted by Gasteiger charge is 2.34. The number of hydrogen-bond donors (Lipinski definition) is 0. The molecule has 2 unspecified atom stereocenters. The van der Waals surface area contributed by atoms with Crippen LogP contribution >= 0.6 is 0 Å². The zero-order valence-electron chi connectivity index (χ0n) is 18.0. The Morgan fingerprint density at radius 2 is 1.62 bits per heavy atom. The molecule has 0 aromatic rings. The molecule has 2 aliphatic rings. The summed E-state index contributed by atoms with van der Waals surface area (Å²) in [6, 6.07) is 0. The van der Waals surface area contributed by atoms with E-state index < -0.39 is 0 Å². The molecule has 0 N–H and O–H groups in total. The van der Waals surface area contributed by atoms with E-state index in [-0.39, 0.29) is 0 Å². The highest BCUT2D eigenvalue weighted by molar-refractivity contribution is 5.05. The van der Waals surface area contributed by atoms with E-state index in [1.165, 1.54) is 95.5 Å². The van der Waals surface area contributed by atoms with E-state index >= 15 is 0 Å². The van der Waals surface area contributed by atoms with Gasteiger partial charge < -0.3 is 0 Å². The molecule has 0 aromatic carbocycles. The lowest BCUT2D eigenvalue weighted by Crippen LogP contribution is -2.31. The summed E-state index contributed by atoms with van der Waals surface area (Å²) in [6.07, 6.45) is 26.2. The molecule has 0 saturated heterocycles. The minimum absolute atomic E-state index is 0.433. The summed E-state index contributed by atoms with van der Waals surface area (Å²) in [5.74, 6) is 1.75. The van der Waals surface area contributed by atoms with Crippen molar-refractivity contribution in [1.82, 2.24) is 0 Å². The molecule has 0 nitrogen and oxygen atoms in total. The van der Waals surface area contributed by atoms with Gasteiger partial charge in [0.2, 0.25) is 0 Å². The van der Waals surface area contributed by atoms with Crippen molar-refractivity contribution >= 4 is 0 Å². The molecular weight excluding hydrogens is 312 g/mol. The molecular formula is C26H44. The summed E-state index contributed by atoms with van der Waals surface area (Å²) in [5.41, 5.74) is 3.51. The van der Waals surface area contributed by atoms with Gasteiger partial charge in [-0.3, -0.25) is 0 Å². The molecule has 2 rings (SSSR count). The molecule has 0 saturated carbocycles. The molecule has 0 fully saturated rings. The Kier molecular flexibility index (Phi) is 9.23. The van der Waals surface area contributed by atoms with Gasteiger partial charge in [0.1, 0.15) is 0 Å². The first-order valence-electron chi connectivity index (χ1n) is 11.5. The molecule has 2 atom stereocenters. The third-order valence-electron chi connectivity index (χ3n) is 7.10. The fourth-order valence-corrected chi connectivity index (χ4v) is 5.20. The lowest BCUT2D eigenvalue weighted by atomic mass is 9.64. The maximum atomic E-state index is 4.37. The maximum absolute atomic E-state index is 4.37. The molecule has 0 heterocycles. The minimum atomic E-state index is 0.433. The lowest BCUT2D eigenvalue weighted by molar-refractivity contribution is 0.103. The van der Waals surface area contributed by atoms with Gasteiger partial charge in [-0.25, -0.2) is 0 Å². The molecule has 0 spiro atoms. The van der Waals surface area contributed by atoms with Gasteiger partial charge in [-0.15, -0.1) is 0 Å². The van der Waals surface area contributed by atoms with Gasteiger partial charge in [0.15, 0.2) is 0 Å². The van der Waals surface area contributed by atoms with Gasteiger partial charge in [-0.1, -0.05) is 75.5 Å². The Morgan fingerprint density at radius 3 is 2.46 bits per heavy atom. The predicted octanol–water partition coefficient (Wildman–Crippen LogP) is 8.79. The van der Waals surface area contributed by atoms with Crippen LogP contribution in [0.1, 0.15) is 111 Å². The number of hydrogen-bond acceptors (Lipinski definition) is 0. The van der Waals surface area contributed by atoms with Crippen LogP contribution in [-0.4, -0.2) is 0 Å².